The maximum absolute atomic E-state index is 12.7. The number of aromatic nitrogens is 3. The van der Waals surface area contributed by atoms with E-state index in [1.54, 1.807) is 0 Å². The number of amides is 1. The molecule has 1 aliphatic heterocycles. The normalized spacial score (nSPS) is 13.9. The van der Waals surface area contributed by atoms with Crippen molar-refractivity contribution < 1.29 is 9.53 Å². The Kier molecular flexibility index (Phi) is 7.57. The minimum absolute atomic E-state index is 0.0352. The van der Waals surface area contributed by atoms with Gasteiger partial charge in [0.15, 0.2) is 5.82 Å². The van der Waals surface area contributed by atoms with E-state index in [0.29, 0.717) is 31.4 Å². The van der Waals surface area contributed by atoms with Crippen LogP contribution in [0.2, 0.25) is 0 Å². The average Bonchev–Trinajstić information content (AvgIpc) is 2.87. The van der Waals surface area contributed by atoms with Crippen LogP contribution in [0.3, 0.4) is 0 Å². The third kappa shape index (κ3) is 6.01. The van der Waals surface area contributed by atoms with Crippen molar-refractivity contribution in [3.05, 3.63) is 70.6 Å². The highest BCUT2D eigenvalue weighted by molar-refractivity contribution is 5.76. The number of ether oxygens (including phenoxy) is 1. The van der Waals surface area contributed by atoms with Gasteiger partial charge in [0.1, 0.15) is 11.4 Å². The lowest BCUT2D eigenvalue weighted by Gasteiger charge is -2.36. The van der Waals surface area contributed by atoms with Gasteiger partial charge in [0.2, 0.25) is 5.91 Å². The summed E-state index contributed by atoms with van der Waals surface area (Å²) in [4.78, 5) is 32.2. The number of carbonyl (C=O) groups is 1. The van der Waals surface area contributed by atoms with Gasteiger partial charge in [-0.1, -0.05) is 44.2 Å². The molecule has 1 aliphatic rings. The largest absolute Gasteiger partial charge is 0.493 e. The van der Waals surface area contributed by atoms with Crippen LogP contribution in [0.5, 0.6) is 5.75 Å². The molecule has 1 fully saturated rings. The summed E-state index contributed by atoms with van der Waals surface area (Å²) in [7, 11) is 0. The monoisotopic (exact) mass is 461 g/mol. The molecule has 1 saturated heterocycles. The van der Waals surface area contributed by atoms with Crippen molar-refractivity contribution in [2.75, 3.05) is 37.7 Å². The third-order valence-corrected chi connectivity index (χ3v) is 5.78. The van der Waals surface area contributed by atoms with Gasteiger partial charge >= 0.3 is 0 Å². The Morgan fingerprint density at radius 1 is 1.03 bits per heavy atom. The minimum atomic E-state index is -0.319. The van der Waals surface area contributed by atoms with E-state index < -0.39 is 0 Å². The van der Waals surface area contributed by atoms with Gasteiger partial charge in [-0.3, -0.25) is 9.59 Å². The first-order chi connectivity index (χ1) is 16.5. The molecule has 1 amide bonds. The third-order valence-electron chi connectivity index (χ3n) is 5.78. The van der Waals surface area contributed by atoms with Crippen molar-refractivity contribution >= 4 is 11.6 Å². The molecular formula is C26H31N5O3. The summed E-state index contributed by atoms with van der Waals surface area (Å²) in [5.41, 5.74) is 1.85. The summed E-state index contributed by atoms with van der Waals surface area (Å²) in [5.74, 6) is 1.55. The second kappa shape index (κ2) is 11.0. The Balaban J connectivity index is 1.32. The van der Waals surface area contributed by atoms with Crippen LogP contribution in [0.4, 0.5) is 5.69 Å². The quantitative estimate of drug-likeness (QED) is 0.554. The summed E-state index contributed by atoms with van der Waals surface area (Å²) in [6.07, 6.45) is 0.499. The SMILES string of the molecule is CC(C)COc1cccc(-c2nnc(CCC(=O)N3CCN(c4ccccc4)CC3)c(=O)[nH]2)c1. The van der Waals surface area contributed by atoms with Crippen molar-refractivity contribution in [1.29, 1.82) is 0 Å². The van der Waals surface area contributed by atoms with Gasteiger partial charge in [-0.15, -0.1) is 10.2 Å². The molecule has 0 spiro atoms. The molecule has 2 heterocycles. The van der Waals surface area contributed by atoms with E-state index in [-0.39, 0.29) is 30.0 Å². The van der Waals surface area contributed by atoms with Crippen LogP contribution in [-0.2, 0) is 11.2 Å². The van der Waals surface area contributed by atoms with Crippen LogP contribution >= 0.6 is 0 Å². The molecule has 178 valence electrons. The van der Waals surface area contributed by atoms with E-state index in [1.165, 1.54) is 5.69 Å². The number of hydrogen-bond acceptors (Lipinski definition) is 6. The van der Waals surface area contributed by atoms with E-state index in [4.69, 9.17) is 4.74 Å². The smallest absolute Gasteiger partial charge is 0.273 e. The van der Waals surface area contributed by atoms with Gasteiger partial charge in [0, 0.05) is 50.3 Å². The van der Waals surface area contributed by atoms with Crippen molar-refractivity contribution in [2.45, 2.75) is 26.7 Å². The molecule has 3 aromatic rings. The number of aromatic amines is 1. The second-order valence-electron chi connectivity index (χ2n) is 8.89. The van der Waals surface area contributed by atoms with Crippen LogP contribution in [0, 0.1) is 5.92 Å². The summed E-state index contributed by atoms with van der Waals surface area (Å²) in [6.45, 7) is 7.71. The Morgan fingerprint density at radius 2 is 1.79 bits per heavy atom. The number of benzene rings is 2. The van der Waals surface area contributed by atoms with Crippen molar-refractivity contribution in [1.82, 2.24) is 20.1 Å². The molecule has 0 atom stereocenters. The van der Waals surface area contributed by atoms with Gasteiger partial charge in [0.05, 0.1) is 6.61 Å². The molecule has 8 heteroatoms. The molecule has 0 radical (unpaired) electrons. The summed E-state index contributed by atoms with van der Waals surface area (Å²) < 4.78 is 5.75. The molecule has 4 rings (SSSR count). The Morgan fingerprint density at radius 3 is 2.50 bits per heavy atom. The standard InChI is InChI=1S/C26H31N5O3/c1-19(2)18-34-22-10-6-7-20(17-22)25-27-26(33)23(28-29-25)11-12-24(32)31-15-13-30(14-16-31)21-8-4-3-5-9-21/h3-10,17,19H,11-16,18H2,1-2H3,(H,27,29,33). The zero-order valence-corrected chi connectivity index (χ0v) is 19.7. The summed E-state index contributed by atoms with van der Waals surface area (Å²) >= 11 is 0. The van der Waals surface area contributed by atoms with Gasteiger partial charge < -0.3 is 19.5 Å². The molecule has 2 aromatic carbocycles. The number of hydrogen-bond donors (Lipinski definition) is 1. The predicted molar refractivity (Wildman–Crippen MR) is 132 cm³/mol. The highest BCUT2D eigenvalue weighted by Gasteiger charge is 2.21. The molecule has 0 bridgehead atoms. The zero-order valence-electron chi connectivity index (χ0n) is 19.7. The second-order valence-corrected chi connectivity index (χ2v) is 8.89. The number of anilines is 1. The summed E-state index contributed by atoms with van der Waals surface area (Å²) in [5, 5.41) is 8.30. The number of para-hydroxylation sites is 1. The fraction of sp³-hybridized carbons (Fsp3) is 0.385. The lowest BCUT2D eigenvalue weighted by molar-refractivity contribution is -0.131. The minimum Gasteiger partial charge on any atom is -0.493 e. The van der Waals surface area contributed by atoms with Crippen molar-refractivity contribution in [3.8, 4) is 17.1 Å². The number of rotatable bonds is 8. The predicted octanol–water partition coefficient (Wildman–Crippen LogP) is 3.15. The Hall–Kier alpha value is -3.68. The van der Waals surface area contributed by atoms with Crippen LogP contribution in [0.1, 0.15) is 26.0 Å². The number of aryl methyl sites for hydroxylation is 1. The highest BCUT2D eigenvalue weighted by atomic mass is 16.5. The fourth-order valence-corrected chi connectivity index (χ4v) is 3.89. The molecule has 0 aliphatic carbocycles. The number of nitrogens with zero attached hydrogens (tertiary/aromatic N) is 4. The molecule has 0 unspecified atom stereocenters. The molecule has 1 N–H and O–H groups in total. The first-order valence-electron chi connectivity index (χ1n) is 11.8. The molecule has 8 nitrogen and oxygen atoms in total. The first-order valence-corrected chi connectivity index (χ1v) is 11.8. The fourth-order valence-electron chi connectivity index (χ4n) is 3.89. The number of nitrogens with one attached hydrogen (secondary N) is 1. The number of H-pyrrole nitrogens is 1. The Bertz CT molecular complexity index is 1150. The van der Waals surface area contributed by atoms with Gasteiger partial charge in [-0.2, -0.15) is 0 Å². The summed E-state index contributed by atoms with van der Waals surface area (Å²) in [6, 6.07) is 17.6. The molecule has 0 saturated carbocycles. The van der Waals surface area contributed by atoms with Crippen LogP contribution < -0.4 is 15.2 Å². The molecule has 34 heavy (non-hydrogen) atoms. The van der Waals surface area contributed by atoms with Gasteiger partial charge in [0.25, 0.3) is 5.56 Å². The number of carbonyl (C=O) groups excluding carboxylic acids is 1. The Labute approximate surface area is 199 Å². The van der Waals surface area contributed by atoms with Crippen molar-refractivity contribution in [2.24, 2.45) is 5.92 Å². The van der Waals surface area contributed by atoms with Crippen LogP contribution in [0.15, 0.2) is 59.4 Å². The average molecular weight is 462 g/mol. The van der Waals surface area contributed by atoms with E-state index >= 15 is 0 Å². The lowest BCUT2D eigenvalue weighted by Crippen LogP contribution is -2.48. The van der Waals surface area contributed by atoms with Crippen LogP contribution in [-0.4, -0.2) is 58.8 Å². The van der Waals surface area contributed by atoms with Crippen LogP contribution in [0.25, 0.3) is 11.4 Å². The van der Waals surface area contributed by atoms with E-state index in [0.717, 1.165) is 24.4 Å². The molecule has 1 aromatic heterocycles. The van der Waals surface area contributed by atoms with E-state index in [1.807, 2.05) is 47.4 Å². The number of piperazine rings is 1. The highest BCUT2D eigenvalue weighted by Crippen LogP contribution is 2.20. The maximum atomic E-state index is 12.7. The lowest BCUT2D eigenvalue weighted by atomic mass is 10.2. The van der Waals surface area contributed by atoms with E-state index in [2.05, 4.69) is 46.1 Å². The molecular weight excluding hydrogens is 430 g/mol. The maximum Gasteiger partial charge on any atom is 0.273 e. The van der Waals surface area contributed by atoms with Gasteiger partial charge in [-0.25, -0.2) is 0 Å². The topological polar surface area (TPSA) is 91.4 Å². The zero-order chi connectivity index (χ0) is 23.9. The van der Waals surface area contributed by atoms with Gasteiger partial charge in [-0.05, 0) is 30.2 Å². The first kappa shape index (κ1) is 23.5. The van der Waals surface area contributed by atoms with Crippen molar-refractivity contribution in [3.63, 3.8) is 0 Å². The van der Waals surface area contributed by atoms with E-state index in [9.17, 15) is 9.59 Å².